The number of nitrogens with zero attached hydrogens (tertiary/aromatic N) is 6. The molecule has 1 aromatic carbocycles. The fourth-order valence-electron chi connectivity index (χ4n) is 4.43. The summed E-state index contributed by atoms with van der Waals surface area (Å²) < 4.78 is 15.6. The molecule has 2 aliphatic rings. The molecule has 1 atom stereocenters. The van der Waals surface area contributed by atoms with E-state index in [2.05, 4.69) is 14.9 Å². The summed E-state index contributed by atoms with van der Waals surface area (Å²) in [5.41, 5.74) is 2.07. The molecular weight excluding hydrogens is 395 g/mol. The second-order valence-corrected chi connectivity index (χ2v) is 8.28. The number of benzene rings is 1. The lowest BCUT2D eigenvalue weighted by atomic mass is 9.88. The molecule has 1 aliphatic carbocycles. The van der Waals surface area contributed by atoms with Gasteiger partial charge >= 0.3 is 0 Å². The number of aromatic nitrogens is 4. The summed E-state index contributed by atoms with van der Waals surface area (Å²) in [5, 5.41) is 0. The van der Waals surface area contributed by atoms with Gasteiger partial charge in [0.05, 0.1) is 6.20 Å². The number of amides is 1. The maximum Gasteiger partial charge on any atom is 0.249 e. The van der Waals surface area contributed by atoms with E-state index in [0.29, 0.717) is 23.4 Å². The molecule has 0 saturated heterocycles. The van der Waals surface area contributed by atoms with Crippen LogP contribution >= 0.6 is 0 Å². The van der Waals surface area contributed by atoms with Crippen LogP contribution in [0.4, 0.5) is 15.9 Å². The normalized spacial score (nSPS) is 18.8. The first-order valence-corrected chi connectivity index (χ1v) is 10.7. The molecule has 3 heterocycles. The van der Waals surface area contributed by atoms with Gasteiger partial charge in [-0.15, -0.1) is 0 Å². The van der Waals surface area contributed by atoms with Crippen LogP contribution in [0.15, 0.2) is 36.8 Å². The fraction of sp³-hybridized carbons (Fsp3) is 0.391. The number of carbonyl (C=O) groups is 1. The summed E-state index contributed by atoms with van der Waals surface area (Å²) in [6.07, 6.45) is 9.24. The number of likely N-dealkylation sites (N-methyl/N-ethyl adjacent to an activating group) is 1. The second kappa shape index (κ2) is 7.44. The summed E-state index contributed by atoms with van der Waals surface area (Å²) >= 11 is 0. The molecule has 0 bridgehead atoms. The smallest absolute Gasteiger partial charge is 0.249 e. The molecule has 1 saturated carbocycles. The first kappa shape index (κ1) is 19.7. The van der Waals surface area contributed by atoms with E-state index in [4.69, 9.17) is 4.98 Å². The third kappa shape index (κ3) is 3.08. The molecule has 2 aromatic heterocycles. The molecule has 3 aromatic rings. The van der Waals surface area contributed by atoms with Crippen molar-refractivity contribution in [3.8, 4) is 17.3 Å². The van der Waals surface area contributed by atoms with Gasteiger partial charge in [0.15, 0.2) is 5.82 Å². The summed E-state index contributed by atoms with van der Waals surface area (Å²) in [7, 11) is 1.79. The first-order valence-electron chi connectivity index (χ1n) is 10.7. The van der Waals surface area contributed by atoms with E-state index in [1.807, 2.05) is 11.5 Å². The highest BCUT2D eigenvalue weighted by Crippen LogP contribution is 2.40. The third-order valence-corrected chi connectivity index (χ3v) is 6.42. The number of hydrogen-bond acceptors (Lipinski definition) is 5. The first-order chi connectivity index (χ1) is 15.0. The van der Waals surface area contributed by atoms with Crippen LogP contribution in [-0.2, 0) is 4.79 Å². The van der Waals surface area contributed by atoms with E-state index in [0.717, 1.165) is 36.3 Å². The van der Waals surface area contributed by atoms with Crippen molar-refractivity contribution in [2.75, 3.05) is 16.8 Å². The quantitative estimate of drug-likeness (QED) is 0.641. The van der Waals surface area contributed by atoms with Gasteiger partial charge in [-0.05, 0) is 56.4 Å². The number of rotatable bonds is 4. The van der Waals surface area contributed by atoms with Gasteiger partial charge in [-0.2, -0.15) is 4.98 Å². The van der Waals surface area contributed by atoms with E-state index in [1.165, 1.54) is 12.5 Å². The Balaban J connectivity index is 1.62. The van der Waals surface area contributed by atoms with Crippen LogP contribution in [0.25, 0.3) is 17.3 Å². The van der Waals surface area contributed by atoms with Crippen LogP contribution in [0.3, 0.4) is 0 Å². The SMILES string of the molecule is CCC1C(=O)N(C)c2cnc(-n3ccnc3-c3ccc(F)c(C)c3)nc2N1C1CCC1. The maximum absolute atomic E-state index is 13.8. The number of imidazole rings is 1. The third-order valence-electron chi connectivity index (χ3n) is 6.42. The molecule has 5 rings (SSSR count). The van der Waals surface area contributed by atoms with E-state index in [-0.39, 0.29) is 17.8 Å². The summed E-state index contributed by atoms with van der Waals surface area (Å²) in [5.74, 6) is 1.75. The Bertz CT molecular complexity index is 1150. The van der Waals surface area contributed by atoms with Gasteiger partial charge in [0.1, 0.15) is 23.4 Å². The molecule has 1 unspecified atom stereocenters. The minimum atomic E-state index is -0.249. The molecule has 8 heteroatoms. The average Bonchev–Trinajstić information content (AvgIpc) is 3.22. The number of carbonyl (C=O) groups excluding carboxylic acids is 1. The molecule has 1 aliphatic heterocycles. The van der Waals surface area contributed by atoms with Crippen molar-refractivity contribution < 1.29 is 9.18 Å². The van der Waals surface area contributed by atoms with Gasteiger partial charge in [0.25, 0.3) is 0 Å². The Morgan fingerprint density at radius 2 is 2.03 bits per heavy atom. The van der Waals surface area contributed by atoms with Gasteiger partial charge < -0.3 is 9.80 Å². The van der Waals surface area contributed by atoms with Gasteiger partial charge in [-0.3, -0.25) is 9.36 Å². The zero-order valence-electron chi connectivity index (χ0n) is 17.9. The van der Waals surface area contributed by atoms with Crippen molar-refractivity contribution in [2.45, 2.75) is 51.6 Å². The van der Waals surface area contributed by atoms with E-state index >= 15 is 0 Å². The monoisotopic (exact) mass is 420 g/mol. The van der Waals surface area contributed by atoms with Crippen molar-refractivity contribution in [1.29, 1.82) is 0 Å². The second-order valence-electron chi connectivity index (χ2n) is 8.28. The Hall–Kier alpha value is -3.29. The van der Waals surface area contributed by atoms with Crippen molar-refractivity contribution in [1.82, 2.24) is 19.5 Å². The highest BCUT2D eigenvalue weighted by Gasteiger charge is 2.42. The molecule has 0 radical (unpaired) electrons. The van der Waals surface area contributed by atoms with Gasteiger partial charge in [-0.25, -0.2) is 14.4 Å². The molecule has 0 N–H and O–H groups in total. The van der Waals surface area contributed by atoms with Crippen molar-refractivity contribution >= 4 is 17.4 Å². The van der Waals surface area contributed by atoms with E-state index in [1.54, 1.807) is 49.6 Å². The lowest BCUT2D eigenvalue weighted by Crippen LogP contribution is -2.57. The number of fused-ring (bicyclic) bond motifs is 1. The zero-order chi connectivity index (χ0) is 21.7. The fourth-order valence-corrected chi connectivity index (χ4v) is 4.43. The van der Waals surface area contributed by atoms with Crippen LogP contribution in [0, 0.1) is 12.7 Å². The Labute approximate surface area is 180 Å². The van der Waals surface area contributed by atoms with Crippen molar-refractivity contribution in [2.24, 2.45) is 0 Å². The summed E-state index contributed by atoms with van der Waals surface area (Å²) in [6.45, 7) is 3.77. The van der Waals surface area contributed by atoms with Crippen LogP contribution in [0.5, 0.6) is 0 Å². The number of anilines is 2. The highest BCUT2D eigenvalue weighted by molar-refractivity contribution is 6.04. The van der Waals surface area contributed by atoms with Crippen LogP contribution in [0.1, 0.15) is 38.2 Å². The largest absolute Gasteiger partial charge is 0.340 e. The number of hydrogen-bond donors (Lipinski definition) is 0. The average molecular weight is 420 g/mol. The van der Waals surface area contributed by atoms with Crippen LogP contribution in [-0.4, -0.2) is 44.6 Å². The molecular formula is C23H25FN6O. The number of halogens is 1. The predicted molar refractivity (Wildman–Crippen MR) is 117 cm³/mol. The lowest BCUT2D eigenvalue weighted by Gasteiger charge is -2.47. The van der Waals surface area contributed by atoms with Crippen molar-refractivity contribution in [3.05, 3.63) is 48.2 Å². The Kier molecular flexibility index (Phi) is 4.72. The standard InChI is InChI=1S/C23H25FN6O/c1-4-18-22(31)28(3)19-13-26-23(27-21(19)30(18)16-6-5-7-16)29-11-10-25-20(29)15-8-9-17(24)14(2)12-15/h8-13,16,18H,4-7H2,1-3H3. The molecule has 160 valence electrons. The lowest BCUT2D eigenvalue weighted by molar-refractivity contribution is -0.120. The Morgan fingerprint density at radius 1 is 1.23 bits per heavy atom. The van der Waals surface area contributed by atoms with Crippen LogP contribution in [0.2, 0.25) is 0 Å². The maximum atomic E-state index is 13.8. The summed E-state index contributed by atoms with van der Waals surface area (Å²) in [4.78, 5) is 30.8. The van der Waals surface area contributed by atoms with Gasteiger partial charge in [0.2, 0.25) is 11.9 Å². The molecule has 7 nitrogen and oxygen atoms in total. The molecule has 0 spiro atoms. The van der Waals surface area contributed by atoms with E-state index < -0.39 is 0 Å². The zero-order valence-corrected chi connectivity index (χ0v) is 17.9. The highest BCUT2D eigenvalue weighted by atomic mass is 19.1. The topological polar surface area (TPSA) is 67.2 Å². The molecule has 31 heavy (non-hydrogen) atoms. The molecule has 1 amide bonds. The molecule has 1 fully saturated rings. The number of aryl methyl sites for hydroxylation is 1. The predicted octanol–water partition coefficient (Wildman–Crippen LogP) is 3.89. The summed E-state index contributed by atoms with van der Waals surface area (Å²) in [6, 6.07) is 5.04. The minimum absolute atomic E-state index is 0.0864. The Morgan fingerprint density at radius 3 is 2.71 bits per heavy atom. The minimum Gasteiger partial charge on any atom is -0.340 e. The van der Waals surface area contributed by atoms with Crippen LogP contribution < -0.4 is 9.80 Å². The van der Waals surface area contributed by atoms with Crippen molar-refractivity contribution in [3.63, 3.8) is 0 Å². The van der Waals surface area contributed by atoms with Gasteiger partial charge in [0, 0.05) is 31.0 Å². The van der Waals surface area contributed by atoms with Gasteiger partial charge in [-0.1, -0.05) is 6.92 Å². The van der Waals surface area contributed by atoms with E-state index in [9.17, 15) is 9.18 Å².